The van der Waals surface area contributed by atoms with Gasteiger partial charge < -0.3 is 9.84 Å². The van der Waals surface area contributed by atoms with Crippen LogP contribution < -0.4 is 0 Å². The predicted molar refractivity (Wildman–Crippen MR) is 89.0 cm³/mol. The van der Waals surface area contributed by atoms with E-state index < -0.39 is 6.10 Å². The minimum Gasteiger partial charge on any atom is -0.389 e. The SMILES string of the molecule is CCOC(c1ccccc1)C(O)CSc1ccccc1Cl. The second-order valence-electron chi connectivity index (χ2n) is 4.60. The van der Waals surface area contributed by atoms with E-state index in [1.165, 1.54) is 0 Å². The van der Waals surface area contributed by atoms with Gasteiger partial charge in [0.2, 0.25) is 0 Å². The first kappa shape index (κ1) is 16.4. The van der Waals surface area contributed by atoms with Gasteiger partial charge in [-0.15, -0.1) is 11.8 Å². The van der Waals surface area contributed by atoms with Crippen LogP contribution in [0.3, 0.4) is 0 Å². The number of halogens is 1. The van der Waals surface area contributed by atoms with Crippen LogP contribution in [0, 0.1) is 0 Å². The van der Waals surface area contributed by atoms with Crippen molar-refractivity contribution in [1.29, 1.82) is 0 Å². The maximum absolute atomic E-state index is 10.5. The molecule has 0 aliphatic carbocycles. The third kappa shape index (κ3) is 4.75. The van der Waals surface area contributed by atoms with Crippen LogP contribution in [0.5, 0.6) is 0 Å². The van der Waals surface area contributed by atoms with E-state index in [0.717, 1.165) is 10.5 Å². The average Bonchev–Trinajstić information content (AvgIpc) is 2.52. The molecule has 0 radical (unpaired) electrons. The van der Waals surface area contributed by atoms with E-state index in [-0.39, 0.29) is 6.10 Å². The normalized spacial score (nSPS) is 13.9. The van der Waals surface area contributed by atoms with E-state index in [1.54, 1.807) is 11.8 Å². The number of thioether (sulfide) groups is 1. The van der Waals surface area contributed by atoms with Crippen LogP contribution >= 0.6 is 23.4 Å². The Morgan fingerprint density at radius 1 is 1.10 bits per heavy atom. The number of ether oxygens (including phenoxy) is 1. The Balaban J connectivity index is 2.02. The van der Waals surface area contributed by atoms with Crippen molar-refractivity contribution in [3.63, 3.8) is 0 Å². The fourth-order valence-electron chi connectivity index (χ4n) is 2.08. The first-order valence-corrected chi connectivity index (χ1v) is 8.30. The summed E-state index contributed by atoms with van der Waals surface area (Å²) in [5.41, 5.74) is 0.992. The van der Waals surface area contributed by atoms with Gasteiger partial charge in [0.05, 0.1) is 11.1 Å². The maximum Gasteiger partial charge on any atom is 0.109 e. The fraction of sp³-hybridized carbons (Fsp3) is 0.294. The van der Waals surface area contributed by atoms with Crippen molar-refractivity contribution in [2.24, 2.45) is 0 Å². The Bertz CT molecular complexity index is 547. The molecule has 0 saturated carbocycles. The second kappa shape index (κ2) is 8.44. The van der Waals surface area contributed by atoms with Crippen molar-refractivity contribution >= 4 is 23.4 Å². The Morgan fingerprint density at radius 3 is 2.43 bits per heavy atom. The lowest BCUT2D eigenvalue weighted by molar-refractivity contribution is -0.0237. The second-order valence-corrected chi connectivity index (χ2v) is 6.06. The molecule has 2 nitrogen and oxygen atoms in total. The van der Waals surface area contributed by atoms with Gasteiger partial charge in [-0.1, -0.05) is 54.1 Å². The molecule has 0 aliphatic rings. The van der Waals surface area contributed by atoms with E-state index in [0.29, 0.717) is 17.4 Å². The molecule has 2 aromatic carbocycles. The number of aliphatic hydroxyl groups is 1. The van der Waals surface area contributed by atoms with Crippen molar-refractivity contribution < 1.29 is 9.84 Å². The van der Waals surface area contributed by atoms with Crippen molar-refractivity contribution in [2.75, 3.05) is 12.4 Å². The van der Waals surface area contributed by atoms with Gasteiger partial charge in [-0.3, -0.25) is 0 Å². The zero-order valence-corrected chi connectivity index (χ0v) is 13.5. The van der Waals surface area contributed by atoms with Crippen molar-refractivity contribution in [1.82, 2.24) is 0 Å². The third-order valence-electron chi connectivity index (χ3n) is 3.07. The van der Waals surface area contributed by atoms with Crippen LogP contribution in [-0.4, -0.2) is 23.6 Å². The summed E-state index contributed by atoms with van der Waals surface area (Å²) in [5.74, 6) is 0.531. The maximum atomic E-state index is 10.5. The monoisotopic (exact) mass is 322 g/mol. The summed E-state index contributed by atoms with van der Waals surface area (Å²) in [5, 5.41) is 11.2. The van der Waals surface area contributed by atoms with Crippen LogP contribution in [0.25, 0.3) is 0 Å². The van der Waals surface area contributed by atoms with E-state index in [1.807, 2.05) is 61.5 Å². The van der Waals surface area contributed by atoms with Crippen LogP contribution in [-0.2, 0) is 4.74 Å². The molecule has 0 fully saturated rings. The molecule has 0 saturated heterocycles. The smallest absolute Gasteiger partial charge is 0.109 e. The third-order valence-corrected chi connectivity index (χ3v) is 4.69. The molecule has 0 amide bonds. The van der Waals surface area contributed by atoms with Gasteiger partial charge in [0.25, 0.3) is 0 Å². The standard InChI is InChI=1S/C17H19ClO2S/c1-2-20-17(13-8-4-3-5-9-13)15(19)12-21-16-11-7-6-10-14(16)18/h3-11,15,17,19H,2,12H2,1H3. The molecule has 2 aromatic rings. The van der Waals surface area contributed by atoms with Gasteiger partial charge in [0.1, 0.15) is 6.10 Å². The molecule has 0 aromatic heterocycles. The van der Waals surface area contributed by atoms with Crippen LogP contribution in [0.4, 0.5) is 0 Å². The van der Waals surface area contributed by atoms with Gasteiger partial charge in [-0.05, 0) is 24.6 Å². The van der Waals surface area contributed by atoms with E-state index >= 15 is 0 Å². The molecule has 0 spiro atoms. The highest BCUT2D eigenvalue weighted by molar-refractivity contribution is 7.99. The molecule has 0 heterocycles. The molecule has 21 heavy (non-hydrogen) atoms. The molecule has 4 heteroatoms. The van der Waals surface area contributed by atoms with Crippen LogP contribution in [0.2, 0.25) is 5.02 Å². The molecular weight excluding hydrogens is 304 g/mol. The quantitative estimate of drug-likeness (QED) is 0.757. The lowest BCUT2D eigenvalue weighted by Gasteiger charge is -2.23. The molecule has 112 valence electrons. The molecule has 0 aliphatic heterocycles. The summed E-state index contributed by atoms with van der Waals surface area (Å²) in [4.78, 5) is 0.974. The van der Waals surface area contributed by atoms with Gasteiger partial charge in [0.15, 0.2) is 0 Å². The molecular formula is C17H19ClO2S. The summed E-state index contributed by atoms with van der Waals surface area (Å²) >= 11 is 7.67. The Morgan fingerprint density at radius 2 is 1.76 bits per heavy atom. The summed E-state index contributed by atoms with van der Waals surface area (Å²) in [6.45, 7) is 2.50. The number of rotatable bonds is 7. The molecule has 1 N–H and O–H groups in total. The number of hydrogen-bond donors (Lipinski definition) is 1. The molecule has 2 atom stereocenters. The average molecular weight is 323 g/mol. The number of hydrogen-bond acceptors (Lipinski definition) is 3. The Hall–Kier alpha value is -1.00. The number of aliphatic hydroxyl groups excluding tert-OH is 1. The summed E-state index contributed by atoms with van der Waals surface area (Å²) < 4.78 is 5.71. The van der Waals surface area contributed by atoms with E-state index in [4.69, 9.17) is 16.3 Å². The van der Waals surface area contributed by atoms with E-state index in [9.17, 15) is 5.11 Å². The fourth-order valence-corrected chi connectivity index (χ4v) is 3.28. The lowest BCUT2D eigenvalue weighted by atomic mass is 10.1. The zero-order chi connectivity index (χ0) is 15.1. The first-order chi connectivity index (χ1) is 10.2. The largest absolute Gasteiger partial charge is 0.389 e. The highest BCUT2D eigenvalue weighted by Crippen LogP contribution is 2.30. The Labute approximate surface area is 135 Å². The summed E-state index contributed by atoms with van der Waals surface area (Å²) in [7, 11) is 0. The first-order valence-electron chi connectivity index (χ1n) is 6.94. The van der Waals surface area contributed by atoms with Crippen molar-refractivity contribution in [2.45, 2.75) is 24.0 Å². The minimum absolute atomic E-state index is 0.314. The van der Waals surface area contributed by atoms with Gasteiger partial charge >= 0.3 is 0 Å². The van der Waals surface area contributed by atoms with Crippen molar-refractivity contribution in [3.05, 3.63) is 65.2 Å². The van der Waals surface area contributed by atoms with Gasteiger partial charge in [-0.2, -0.15) is 0 Å². The Kier molecular flexibility index (Phi) is 6.58. The summed E-state index contributed by atoms with van der Waals surface area (Å²) in [6, 6.07) is 17.5. The van der Waals surface area contributed by atoms with Gasteiger partial charge in [-0.25, -0.2) is 0 Å². The predicted octanol–water partition coefficient (Wildman–Crippen LogP) is 4.57. The van der Waals surface area contributed by atoms with Crippen LogP contribution in [0.15, 0.2) is 59.5 Å². The van der Waals surface area contributed by atoms with Crippen molar-refractivity contribution in [3.8, 4) is 0 Å². The molecule has 2 rings (SSSR count). The molecule has 2 unspecified atom stereocenters. The topological polar surface area (TPSA) is 29.5 Å². The van der Waals surface area contributed by atoms with Crippen LogP contribution in [0.1, 0.15) is 18.6 Å². The molecule has 0 bridgehead atoms. The zero-order valence-electron chi connectivity index (χ0n) is 11.9. The minimum atomic E-state index is -0.589. The lowest BCUT2D eigenvalue weighted by Crippen LogP contribution is -2.23. The van der Waals surface area contributed by atoms with Gasteiger partial charge in [0, 0.05) is 17.3 Å². The highest BCUT2D eigenvalue weighted by atomic mass is 35.5. The highest BCUT2D eigenvalue weighted by Gasteiger charge is 2.21. The van der Waals surface area contributed by atoms with E-state index in [2.05, 4.69) is 0 Å². The summed E-state index contributed by atoms with van der Waals surface area (Å²) in [6.07, 6.45) is -0.903. The number of benzene rings is 2.